The van der Waals surface area contributed by atoms with Gasteiger partial charge in [0.1, 0.15) is 29.2 Å². The van der Waals surface area contributed by atoms with Crippen LogP contribution in [0, 0.1) is 17.0 Å². The third-order valence-corrected chi connectivity index (χ3v) is 6.64. The number of carbonyl (C=O) groups excluding carboxylic acids is 3. The van der Waals surface area contributed by atoms with E-state index in [-0.39, 0.29) is 11.1 Å². The van der Waals surface area contributed by atoms with Crippen molar-refractivity contribution in [2.24, 2.45) is 0 Å². The van der Waals surface area contributed by atoms with Gasteiger partial charge in [-0.15, -0.1) is 0 Å². The lowest BCUT2D eigenvalue weighted by Crippen LogP contribution is -2.52. The highest BCUT2D eigenvalue weighted by Crippen LogP contribution is 2.31. The Morgan fingerprint density at radius 2 is 1.81 bits per heavy atom. The topological polar surface area (TPSA) is 126 Å². The van der Waals surface area contributed by atoms with Gasteiger partial charge in [0.15, 0.2) is 0 Å². The van der Waals surface area contributed by atoms with Crippen LogP contribution in [0.5, 0.6) is 5.75 Å². The van der Waals surface area contributed by atoms with Crippen molar-refractivity contribution < 1.29 is 24.0 Å². The molecule has 0 aliphatic carbocycles. The number of nitro benzene ring substituents is 1. The van der Waals surface area contributed by atoms with Crippen LogP contribution in [0.1, 0.15) is 26.3 Å². The molecule has 3 heterocycles. The van der Waals surface area contributed by atoms with Crippen molar-refractivity contribution >= 4 is 40.1 Å². The Balaban J connectivity index is 1.28. The second kappa shape index (κ2) is 8.91. The number of ether oxygens (including phenoxy) is 1. The summed E-state index contributed by atoms with van der Waals surface area (Å²) in [5.74, 6) is -0.442. The fourth-order valence-corrected chi connectivity index (χ4v) is 4.73. The molecule has 0 spiro atoms. The maximum absolute atomic E-state index is 13.0. The molecule has 1 fully saturated rings. The molecule has 0 saturated carbocycles. The second-order valence-electron chi connectivity index (χ2n) is 8.67. The van der Waals surface area contributed by atoms with E-state index in [2.05, 4.69) is 4.90 Å². The predicted octanol–water partition coefficient (Wildman–Crippen LogP) is 2.40. The number of methoxy groups -OCH3 is 1. The average molecular weight is 489 g/mol. The number of piperazine rings is 1. The van der Waals surface area contributed by atoms with Crippen LogP contribution in [-0.4, -0.2) is 77.3 Å². The van der Waals surface area contributed by atoms with Gasteiger partial charge in [-0.1, -0.05) is 18.2 Å². The fourth-order valence-electron chi connectivity index (χ4n) is 4.73. The molecule has 184 valence electrons. The first kappa shape index (κ1) is 23.2. The van der Waals surface area contributed by atoms with E-state index in [0.29, 0.717) is 31.9 Å². The molecule has 1 aromatic heterocycles. The summed E-state index contributed by atoms with van der Waals surface area (Å²) in [5, 5.41) is 12.3. The molecule has 0 atom stereocenters. The van der Waals surface area contributed by atoms with Gasteiger partial charge in [0.2, 0.25) is 5.91 Å². The molecule has 11 nitrogen and oxygen atoms in total. The van der Waals surface area contributed by atoms with Gasteiger partial charge in [-0.2, -0.15) is 0 Å². The van der Waals surface area contributed by atoms with E-state index < -0.39 is 34.9 Å². The van der Waals surface area contributed by atoms with Gasteiger partial charge < -0.3 is 14.5 Å². The number of carbonyl (C=O) groups is 3. The number of anilines is 1. The molecule has 0 radical (unpaired) electrons. The van der Waals surface area contributed by atoms with Crippen molar-refractivity contribution in [3.05, 3.63) is 69.3 Å². The largest absolute Gasteiger partial charge is 0.494 e. The number of benzene rings is 2. The molecule has 3 aromatic rings. The lowest BCUT2D eigenvalue weighted by atomic mass is 10.1. The van der Waals surface area contributed by atoms with E-state index in [1.165, 1.54) is 18.2 Å². The highest BCUT2D eigenvalue weighted by Gasteiger charge is 2.42. The first-order valence-corrected chi connectivity index (χ1v) is 11.4. The lowest BCUT2D eigenvalue weighted by molar-refractivity contribution is -0.385. The Labute approximate surface area is 206 Å². The molecule has 2 aliphatic heterocycles. The SMILES string of the molecule is COc1cccc2c(C)cc(N3CCN(C(=O)CN4C(=O)c5cccc([N+](=O)[O-])c5C4=O)CC3)nc12. The first-order chi connectivity index (χ1) is 17.3. The van der Waals surface area contributed by atoms with Gasteiger partial charge >= 0.3 is 0 Å². The molecule has 3 amide bonds. The highest BCUT2D eigenvalue weighted by molar-refractivity contribution is 6.24. The van der Waals surface area contributed by atoms with E-state index >= 15 is 0 Å². The summed E-state index contributed by atoms with van der Waals surface area (Å²) in [7, 11) is 1.61. The third kappa shape index (κ3) is 3.78. The van der Waals surface area contributed by atoms with Crippen LogP contribution in [0.15, 0.2) is 42.5 Å². The quantitative estimate of drug-likeness (QED) is 0.304. The normalized spacial score (nSPS) is 15.4. The number of fused-ring (bicyclic) bond motifs is 2. The van der Waals surface area contributed by atoms with E-state index in [1.807, 2.05) is 31.2 Å². The van der Waals surface area contributed by atoms with Gasteiger partial charge in [-0.25, -0.2) is 4.98 Å². The molecule has 11 heteroatoms. The molecule has 0 bridgehead atoms. The number of aromatic nitrogens is 1. The smallest absolute Gasteiger partial charge is 0.282 e. The molecule has 5 rings (SSSR count). The number of rotatable bonds is 5. The summed E-state index contributed by atoms with van der Waals surface area (Å²) in [5.41, 5.74) is 1.07. The summed E-state index contributed by atoms with van der Waals surface area (Å²) in [6, 6.07) is 11.7. The summed E-state index contributed by atoms with van der Waals surface area (Å²) in [4.78, 5) is 58.3. The number of hydrogen-bond donors (Lipinski definition) is 0. The highest BCUT2D eigenvalue weighted by atomic mass is 16.6. The number of amides is 3. The van der Waals surface area contributed by atoms with E-state index in [0.717, 1.165) is 27.2 Å². The maximum atomic E-state index is 13.0. The van der Waals surface area contributed by atoms with Crippen LogP contribution in [0.2, 0.25) is 0 Å². The number of aryl methyl sites for hydroxylation is 1. The van der Waals surface area contributed by atoms with E-state index in [1.54, 1.807) is 12.0 Å². The van der Waals surface area contributed by atoms with Crippen LogP contribution in [-0.2, 0) is 4.79 Å². The van der Waals surface area contributed by atoms with Crippen LogP contribution in [0.3, 0.4) is 0 Å². The minimum Gasteiger partial charge on any atom is -0.494 e. The molecule has 1 saturated heterocycles. The van der Waals surface area contributed by atoms with Crippen LogP contribution in [0.25, 0.3) is 10.9 Å². The predicted molar refractivity (Wildman–Crippen MR) is 130 cm³/mol. The number of nitro groups is 1. The molecule has 36 heavy (non-hydrogen) atoms. The summed E-state index contributed by atoms with van der Waals surface area (Å²) < 4.78 is 5.47. The Morgan fingerprint density at radius 1 is 1.08 bits per heavy atom. The maximum Gasteiger partial charge on any atom is 0.282 e. The van der Waals surface area contributed by atoms with Crippen LogP contribution in [0.4, 0.5) is 11.5 Å². The van der Waals surface area contributed by atoms with Gasteiger partial charge in [-0.05, 0) is 30.7 Å². The van der Waals surface area contributed by atoms with Crippen LogP contribution < -0.4 is 9.64 Å². The van der Waals surface area contributed by atoms with Crippen molar-refractivity contribution in [2.75, 3.05) is 44.7 Å². The zero-order valence-electron chi connectivity index (χ0n) is 19.8. The number of nitrogens with zero attached hydrogens (tertiary/aromatic N) is 5. The fraction of sp³-hybridized carbons (Fsp3) is 0.280. The summed E-state index contributed by atoms with van der Waals surface area (Å²) in [6.45, 7) is 3.35. The van der Waals surface area contributed by atoms with Crippen molar-refractivity contribution in [2.45, 2.75) is 6.92 Å². The summed E-state index contributed by atoms with van der Waals surface area (Å²) >= 11 is 0. The van der Waals surface area contributed by atoms with Crippen LogP contribution >= 0.6 is 0 Å². The van der Waals surface area contributed by atoms with Crippen molar-refractivity contribution in [3.8, 4) is 5.75 Å². The Bertz CT molecular complexity index is 1430. The monoisotopic (exact) mass is 489 g/mol. The van der Waals surface area contributed by atoms with Crippen molar-refractivity contribution in [3.63, 3.8) is 0 Å². The molecule has 2 aliphatic rings. The Kier molecular flexibility index (Phi) is 5.75. The Hall–Kier alpha value is -4.54. The average Bonchev–Trinajstić information content (AvgIpc) is 3.13. The molecule has 0 N–H and O–H groups in total. The second-order valence-corrected chi connectivity index (χ2v) is 8.67. The molecule has 2 aromatic carbocycles. The number of para-hydroxylation sites is 1. The molecule has 0 unspecified atom stereocenters. The third-order valence-electron chi connectivity index (χ3n) is 6.64. The molecular formula is C25H23N5O6. The van der Waals surface area contributed by atoms with E-state index in [9.17, 15) is 24.5 Å². The molecular weight excluding hydrogens is 466 g/mol. The van der Waals surface area contributed by atoms with Gasteiger partial charge in [-0.3, -0.25) is 29.4 Å². The van der Waals surface area contributed by atoms with Gasteiger partial charge in [0, 0.05) is 37.6 Å². The number of hydrogen-bond acceptors (Lipinski definition) is 8. The lowest BCUT2D eigenvalue weighted by Gasteiger charge is -2.36. The Morgan fingerprint density at radius 3 is 2.50 bits per heavy atom. The van der Waals surface area contributed by atoms with E-state index in [4.69, 9.17) is 9.72 Å². The first-order valence-electron chi connectivity index (χ1n) is 11.4. The number of pyridine rings is 1. The van der Waals surface area contributed by atoms with Crippen molar-refractivity contribution in [1.82, 2.24) is 14.8 Å². The van der Waals surface area contributed by atoms with Crippen molar-refractivity contribution in [1.29, 1.82) is 0 Å². The zero-order valence-corrected chi connectivity index (χ0v) is 19.8. The minimum absolute atomic E-state index is 0.0556. The van der Waals surface area contributed by atoms with Gasteiger partial charge in [0.25, 0.3) is 17.5 Å². The minimum atomic E-state index is -0.820. The zero-order chi connectivity index (χ0) is 25.6. The summed E-state index contributed by atoms with van der Waals surface area (Å²) in [6.07, 6.45) is 0. The van der Waals surface area contributed by atoms with Gasteiger partial charge in [0.05, 0.1) is 17.6 Å². The number of imide groups is 1. The standard InChI is InChI=1S/C25H23N5O6/c1-15-13-20(26-23-16(15)5-4-8-19(23)36-2)27-9-11-28(12-10-27)21(31)14-29-24(32)17-6-3-7-18(30(34)35)22(17)25(29)33/h3-8,13H,9-12,14H2,1-2H3.